The van der Waals surface area contributed by atoms with Gasteiger partial charge in [0.05, 0.1) is 24.0 Å². The molecule has 1 amide bonds. The number of aromatic nitrogens is 6. The van der Waals surface area contributed by atoms with Gasteiger partial charge in [0, 0.05) is 65.2 Å². The number of hydrogen-bond donors (Lipinski definition) is 4. The molecule has 5 rings (SSSR count). The number of nitrogens with one attached hydrogen (secondary N) is 2. The summed E-state index contributed by atoms with van der Waals surface area (Å²) in [5, 5.41) is 24.4. The Labute approximate surface area is 272 Å². The van der Waals surface area contributed by atoms with Crippen LogP contribution in [-0.4, -0.2) is 59.1 Å². The lowest BCUT2D eigenvalue weighted by atomic mass is 10.1. The molecule has 46 heavy (non-hydrogen) atoms. The first-order chi connectivity index (χ1) is 22.0. The van der Waals surface area contributed by atoms with E-state index in [1.54, 1.807) is 47.7 Å². The van der Waals surface area contributed by atoms with Gasteiger partial charge in [-0.1, -0.05) is 23.7 Å². The summed E-state index contributed by atoms with van der Waals surface area (Å²) < 4.78 is 3.54. The Morgan fingerprint density at radius 3 is 1.85 bits per heavy atom. The second kappa shape index (κ2) is 15.8. The number of nitrogens with two attached hydrogens (primary N) is 1. The number of nitrogen functional groups attached to an aromatic ring is 1. The molecule has 240 valence electrons. The van der Waals surface area contributed by atoms with Crippen LogP contribution in [0.25, 0.3) is 22.5 Å². The number of rotatable bonds is 11. The number of carboxylic acid groups (broad SMARTS) is 1. The number of carboxylic acids is 1. The number of anilines is 2. The van der Waals surface area contributed by atoms with Crippen molar-refractivity contribution < 1.29 is 14.7 Å². The summed E-state index contributed by atoms with van der Waals surface area (Å²) in [7, 11) is 0. The summed E-state index contributed by atoms with van der Waals surface area (Å²) in [6.07, 6.45) is 7.17. The van der Waals surface area contributed by atoms with Crippen LogP contribution in [0.2, 0.25) is 5.02 Å². The molecule has 4 heterocycles. The molecule has 0 saturated carbocycles. The fourth-order valence-electron chi connectivity index (χ4n) is 4.57. The zero-order valence-corrected chi connectivity index (χ0v) is 26.9. The molecule has 5 aromatic rings. The Kier molecular flexibility index (Phi) is 11.6. The molecule has 0 saturated heterocycles. The number of benzene rings is 1. The van der Waals surface area contributed by atoms with Crippen molar-refractivity contribution in [3.8, 4) is 22.5 Å². The third kappa shape index (κ3) is 9.22. The minimum absolute atomic E-state index is 0.00702. The number of amides is 1. The maximum atomic E-state index is 13.1. The monoisotopic (exact) mass is 643 g/mol. The van der Waals surface area contributed by atoms with Gasteiger partial charge in [0.2, 0.25) is 5.91 Å². The summed E-state index contributed by atoms with van der Waals surface area (Å²) in [5.41, 5.74) is 10.2. The highest BCUT2D eigenvalue weighted by molar-refractivity contribution is 6.30. The van der Waals surface area contributed by atoms with Crippen molar-refractivity contribution in [3.05, 3.63) is 96.0 Å². The molecule has 0 spiro atoms. The van der Waals surface area contributed by atoms with E-state index in [1.165, 1.54) is 0 Å². The smallest absolute Gasteiger partial charge is 0.317 e. The lowest BCUT2D eigenvalue weighted by Gasteiger charge is -2.19. The van der Waals surface area contributed by atoms with Gasteiger partial charge in [-0.3, -0.25) is 24.9 Å². The summed E-state index contributed by atoms with van der Waals surface area (Å²) in [6, 6.07) is 17.8. The summed E-state index contributed by atoms with van der Waals surface area (Å²) >= 11 is 5.93. The molecular formula is C33H38ClN9O3. The molecular weight excluding hydrogens is 606 g/mol. The Hall–Kier alpha value is -5.07. The van der Waals surface area contributed by atoms with Gasteiger partial charge in [-0.2, -0.15) is 10.2 Å². The number of carbonyl (C=O) groups excluding carboxylic acids is 1. The first-order valence-electron chi connectivity index (χ1n) is 14.8. The van der Waals surface area contributed by atoms with Crippen molar-refractivity contribution in [3.63, 3.8) is 0 Å². The van der Waals surface area contributed by atoms with Crippen molar-refractivity contribution in [1.82, 2.24) is 34.8 Å². The zero-order chi connectivity index (χ0) is 33.2. The van der Waals surface area contributed by atoms with Crippen LogP contribution in [-0.2, 0) is 16.0 Å². The predicted octanol–water partition coefficient (Wildman–Crippen LogP) is 5.51. The highest BCUT2D eigenvalue weighted by Gasteiger charge is 2.22. The van der Waals surface area contributed by atoms with Crippen LogP contribution in [0.15, 0.2) is 85.5 Å². The minimum Gasteiger partial charge on any atom is -0.480 e. The Morgan fingerprint density at radius 2 is 1.35 bits per heavy atom. The minimum atomic E-state index is -1.04. The number of hydrogen-bond acceptors (Lipinski definition) is 8. The van der Waals surface area contributed by atoms with Crippen molar-refractivity contribution in [1.29, 1.82) is 0 Å². The molecule has 0 aliphatic carbocycles. The van der Waals surface area contributed by atoms with E-state index in [9.17, 15) is 9.59 Å². The second-order valence-electron chi connectivity index (χ2n) is 11.1. The summed E-state index contributed by atoms with van der Waals surface area (Å²) in [4.78, 5) is 32.1. The van der Waals surface area contributed by atoms with Crippen LogP contribution in [0.3, 0.4) is 0 Å². The van der Waals surface area contributed by atoms with Crippen molar-refractivity contribution >= 4 is 35.1 Å². The third-order valence-electron chi connectivity index (χ3n) is 6.85. The number of carbonyl (C=O) groups is 2. The van der Waals surface area contributed by atoms with Gasteiger partial charge in [-0.15, -0.1) is 0 Å². The number of nitrogens with zero attached hydrogens (tertiary/aromatic N) is 6. The Bertz CT molecular complexity index is 1720. The normalized spacial score (nSPS) is 11.6. The molecule has 1 atom stereocenters. The largest absolute Gasteiger partial charge is 0.480 e. The quantitative estimate of drug-likeness (QED) is 0.145. The van der Waals surface area contributed by atoms with E-state index < -0.39 is 12.0 Å². The lowest BCUT2D eigenvalue weighted by Crippen LogP contribution is -2.44. The molecule has 13 heteroatoms. The maximum absolute atomic E-state index is 13.1. The molecule has 5 N–H and O–H groups in total. The van der Waals surface area contributed by atoms with Gasteiger partial charge in [0.25, 0.3) is 0 Å². The van der Waals surface area contributed by atoms with Gasteiger partial charge in [-0.25, -0.2) is 9.36 Å². The van der Waals surface area contributed by atoms with Gasteiger partial charge < -0.3 is 16.2 Å². The number of pyridine rings is 2. The predicted molar refractivity (Wildman–Crippen MR) is 179 cm³/mol. The second-order valence-corrected chi connectivity index (χ2v) is 11.5. The number of aliphatic carboxylic acids is 1. The van der Waals surface area contributed by atoms with E-state index in [0.717, 1.165) is 22.4 Å². The van der Waals surface area contributed by atoms with Crippen LogP contribution >= 0.6 is 11.6 Å². The molecule has 12 nitrogen and oxygen atoms in total. The molecule has 0 aliphatic rings. The van der Waals surface area contributed by atoms with Gasteiger partial charge in [0.1, 0.15) is 11.6 Å². The van der Waals surface area contributed by atoms with Crippen LogP contribution in [0.5, 0.6) is 0 Å². The van der Waals surface area contributed by atoms with E-state index in [0.29, 0.717) is 28.8 Å². The fraction of sp³-hybridized carbons (Fsp3) is 0.273. The van der Waals surface area contributed by atoms with Crippen molar-refractivity contribution in [2.75, 3.05) is 17.6 Å². The highest BCUT2D eigenvalue weighted by atomic mass is 35.5. The molecule has 0 radical (unpaired) electrons. The molecule has 4 aromatic heterocycles. The summed E-state index contributed by atoms with van der Waals surface area (Å²) in [6.45, 7) is 7.70. The molecule has 0 unspecified atom stereocenters. The standard InChI is InChI=1S/C22H24ClN5O3.C11H14N4/c1-14(2)28-20(12-18(27-28)16-7-9-24-10-8-16)26-22(31)19(25-13-21(29)30)11-15-3-5-17(23)6-4-15;1-8(2)15-11(12)7-10(14-15)9-3-5-13-6-4-9/h3-10,12,14,19,25H,11,13H2,1-2H3,(H,26,31)(H,29,30);3-8H,12H2,1-2H3/t19-;/m0./s1. The van der Waals surface area contributed by atoms with E-state index in [2.05, 4.69) is 44.6 Å². The molecule has 0 bridgehead atoms. The maximum Gasteiger partial charge on any atom is 0.317 e. The lowest BCUT2D eigenvalue weighted by molar-refractivity contribution is -0.136. The molecule has 0 aliphatic heterocycles. The molecule has 0 fully saturated rings. The van der Waals surface area contributed by atoms with E-state index in [1.807, 2.05) is 61.0 Å². The van der Waals surface area contributed by atoms with Crippen LogP contribution in [0.4, 0.5) is 11.6 Å². The third-order valence-corrected chi connectivity index (χ3v) is 7.10. The topological polar surface area (TPSA) is 166 Å². The fourth-order valence-corrected chi connectivity index (χ4v) is 4.70. The Morgan fingerprint density at radius 1 is 0.826 bits per heavy atom. The van der Waals surface area contributed by atoms with Crippen molar-refractivity contribution in [2.45, 2.75) is 52.2 Å². The van der Waals surface area contributed by atoms with Crippen LogP contribution < -0.4 is 16.4 Å². The first kappa shape index (κ1) is 33.8. The van der Waals surface area contributed by atoms with E-state index in [4.69, 9.17) is 22.4 Å². The van der Waals surface area contributed by atoms with Gasteiger partial charge >= 0.3 is 5.97 Å². The summed E-state index contributed by atoms with van der Waals surface area (Å²) in [5.74, 6) is -0.165. The van der Waals surface area contributed by atoms with E-state index >= 15 is 0 Å². The average Bonchev–Trinajstić information content (AvgIpc) is 3.65. The van der Waals surface area contributed by atoms with E-state index in [-0.39, 0.29) is 24.5 Å². The zero-order valence-electron chi connectivity index (χ0n) is 26.1. The van der Waals surface area contributed by atoms with Gasteiger partial charge in [0.15, 0.2) is 0 Å². The highest BCUT2D eigenvalue weighted by Crippen LogP contribution is 2.25. The van der Waals surface area contributed by atoms with Crippen LogP contribution in [0, 0.1) is 0 Å². The SMILES string of the molecule is CC(C)n1nc(-c2ccncc2)cc1N.CC(C)n1nc(-c2ccncc2)cc1NC(=O)[C@H](Cc1ccc(Cl)cc1)NCC(=O)O. The number of halogens is 1. The first-order valence-corrected chi connectivity index (χ1v) is 15.2. The Balaban J connectivity index is 0.000000266. The van der Waals surface area contributed by atoms with Gasteiger partial charge in [-0.05, 0) is 76.1 Å². The van der Waals surface area contributed by atoms with Crippen LogP contribution in [0.1, 0.15) is 45.3 Å². The molecule has 1 aromatic carbocycles. The van der Waals surface area contributed by atoms with Crippen molar-refractivity contribution in [2.24, 2.45) is 0 Å². The average molecular weight is 644 g/mol.